The molecule has 1 amide bonds. The van der Waals surface area contributed by atoms with E-state index < -0.39 is 59.3 Å². The van der Waals surface area contributed by atoms with E-state index in [0.29, 0.717) is 11.1 Å². The number of carboxylic acids is 1. The Morgan fingerprint density at radius 3 is 2.41 bits per heavy atom. The van der Waals surface area contributed by atoms with Gasteiger partial charge >= 0.3 is 5.97 Å². The Kier molecular flexibility index (Phi) is 8.30. The van der Waals surface area contributed by atoms with Crippen LogP contribution >= 0.6 is 0 Å². The third-order valence-corrected chi connectivity index (χ3v) is 6.00. The fourth-order valence-corrected chi connectivity index (χ4v) is 4.50. The van der Waals surface area contributed by atoms with Crippen LogP contribution in [-0.4, -0.2) is 46.6 Å². The number of hydrogen-bond acceptors (Lipinski definition) is 6. The van der Waals surface area contributed by atoms with E-state index in [4.69, 9.17) is 9.84 Å². The van der Waals surface area contributed by atoms with Crippen LogP contribution in [0.25, 0.3) is 0 Å². The van der Waals surface area contributed by atoms with Crippen molar-refractivity contribution in [3.8, 4) is 0 Å². The van der Waals surface area contributed by atoms with Gasteiger partial charge in [0.05, 0.1) is 24.7 Å². The Balaban J connectivity index is 1.98. The van der Waals surface area contributed by atoms with E-state index >= 15 is 0 Å². The lowest BCUT2D eigenvalue weighted by molar-refractivity contribution is -0.535. The zero-order valence-corrected chi connectivity index (χ0v) is 18.9. The van der Waals surface area contributed by atoms with Crippen molar-refractivity contribution < 1.29 is 28.7 Å². The summed E-state index contributed by atoms with van der Waals surface area (Å²) in [5.74, 6) is -3.56. The number of carboxylic acid groups (broad SMARTS) is 1. The van der Waals surface area contributed by atoms with Gasteiger partial charge in [-0.25, -0.2) is 4.39 Å². The number of carbonyl (C=O) groups excluding carboxylic acids is 1. The number of carbonyl (C=O) groups is 2. The normalized spacial score (nSPS) is 22.9. The fourth-order valence-electron chi connectivity index (χ4n) is 4.50. The van der Waals surface area contributed by atoms with Crippen LogP contribution in [0.3, 0.4) is 0 Å². The minimum atomic E-state index is -1.24. The third kappa shape index (κ3) is 5.75. The van der Waals surface area contributed by atoms with E-state index in [1.807, 2.05) is 13.8 Å². The maximum absolute atomic E-state index is 14.2. The van der Waals surface area contributed by atoms with Gasteiger partial charge in [-0.2, -0.15) is 0 Å². The first-order chi connectivity index (χ1) is 16.2. The predicted octanol–water partition coefficient (Wildman–Crippen LogP) is 2.54. The molecule has 10 heteroatoms. The number of nitrogens with one attached hydrogen (secondary N) is 2. The van der Waals surface area contributed by atoms with Gasteiger partial charge in [0.25, 0.3) is 0 Å². The molecule has 1 saturated heterocycles. The summed E-state index contributed by atoms with van der Waals surface area (Å²) < 4.78 is 20.2. The number of hydrogen-bond donors (Lipinski definition) is 3. The van der Waals surface area contributed by atoms with Crippen LogP contribution in [-0.2, 0) is 20.9 Å². The third-order valence-electron chi connectivity index (χ3n) is 6.00. The molecule has 1 fully saturated rings. The molecule has 182 valence electrons. The summed E-state index contributed by atoms with van der Waals surface area (Å²) in [5.41, 5.74) is 0.919. The topological polar surface area (TPSA) is 131 Å². The number of ether oxygens (including phenoxy) is 1. The van der Waals surface area contributed by atoms with Crippen molar-refractivity contribution >= 4 is 11.9 Å². The van der Waals surface area contributed by atoms with Crippen LogP contribution in [0.4, 0.5) is 4.39 Å². The van der Waals surface area contributed by atoms with Gasteiger partial charge in [-0.1, -0.05) is 62.4 Å². The molecule has 5 atom stereocenters. The largest absolute Gasteiger partial charge is 0.480 e. The molecule has 3 rings (SSSR count). The number of benzene rings is 2. The highest BCUT2D eigenvalue weighted by molar-refractivity contribution is 5.86. The van der Waals surface area contributed by atoms with Gasteiger partial charge in [-0.15, -0.1) is 0 Å². The van der Waals surface area contributed by atoms with E-state index in [-0.39, 0.29) is 12.5 Å². The number of amides is 1. The van der Waals surface area contributed by atoms with Gasteiger partial charge in [0.2, 0.25) is 11.9 Å². The van der Waals surface area contributed by atoms with Crippen LogP contribution in [0.1, 0.15) is 31.0 Å². The van der Waals surface area contributed by atoms with Crippen LogP contribution in [0.2, 0.25) is 0 Å². The van der Waals surface area contributed by atoms with Crippen molar-refractivity contribution in [2.75, 3.05) is 6.54 Å². The smallest absolute Gasteiger partial charge is 0.322 e. The minimum absolute atomic E-state index is 0.129. The maximum atomic E-state index is 14.2. The molecule has 34 heavy (non-hydrogen) atoms. The summed E-state index contributed by atoms with van der Waals surface area (Å²) >= 11 is 0. The molecule has 1 aliphatic heterocycles. The Labute approximate surface area is 196 Å². The van der Waals surface area contributed by atoms with E-state index in [2.05, 4.69) is 10.6 Å². The van der Waals surface area contributed by atoms with Gasteiger partial charge in [-0.05, 0) is 17.5 Å². The quantitative estimate of drug-likeness (QED) is 0.357. The van der Waals surface area contributed by atoms with Crippen molar-refractivity contribution in [3.63, 3.8) is 0 Å². The summed E-state index contributed by atoms with van der Waals surface area (Å²) in [5, 5.41) is 26.7. The molecule has 0 unspecified atom stereocenters. The summed E-state index contributed by atoms with van der Waals surface area (Å²) in [6, 6.07) is 11.7. The van der Waals surface area contributed by atoms with Crippen LogP contribution in [0.5, 0.6) is 0 Å². The summed E-state index contributed by atoms with van der Waals surface area (Å²) in [6.45, 7) is 2.87. The zero-order valence-electron chi connectivity index (χ0n) is 18.9. The molecule has 0 spiro atoms. The average Bonchev–Trinajstić information content (AvgIpc) is 3.20. The summed E-state index contributed by atoms with van der Waals surface area (Å²) in [7, 11) is 0. The predicted molar refractivity (Wildman–Crippen MR) is 121 cm³/mol. The molecule has 1 heterocycles. The Bertz CT molecular complexity index is 1020. The van der Waals surface area contributed by atoms with Crippen molar-refractivity contribution in [1.29, 1.82) is 0 Å². The highest BCUT2D eigenvalue weighted by Gasteiger charge is 2.57. The standard InChI is InChI=1S/C24H28FN3O6/c1-14(2)23(34-13-16-10-6-7-11-17(16)25)19-21(24(31)26-12-18(29)30)27-20(22(19)28(32)33)15-8-4-3-5-9-15/h3-11,14,19-23,27H,12-13H2,1-2H3,(H,26,31)(H,29,30)/t19-,20+,21+,22+,23+/m1/s1. The highest BCUT2D eigenvalue weighted by Crippen LogP contribution is 2.39. The monoisotopic (exact) mass is 473 g/mol. The second kappa shape index (κ2) is 11.2. The van der Waals surface area contributed by atoms with E-state index in [9.17, 15) is 24.1 Å². The molecule has 1 aliphatic rings. The van der Waals surface area contributed by atoms with Crippen LogP contribution in [0.15, 0.2) is 54.6 Å². The molecule has 2 aromatic rings. The number of nitrogens with zero attached hydrogens (tertiary/aromatic N) is 1. The molecule has 0 bridgehead atoms. The first-order valence-electron chi connectivity index (χ1n) is 11.0. The average molecular weight is 474 g/mol. The zero-order chi connectivity index (χ0) is 24.8. The van der Waals surface area contributed by atoms with Crippen molar-refractivity contribution in [3.05, 3.63) is 81.7 Å². The molecule has 0 aromatic heterocycles. The first-order valence-corrected chi connectivity index (χ1v) is 11.0. The Morgan fingerprint density at radius 2 is 1.82 bits per heavy atom. The van der Waals surface area contributed by atoms with Gasteiger partial charge in [0.1, 0.15) is 18.4 Å². The summed E-state index contributed by atoms with van der Waals surface area (Å²) in [4.78, 5) is 35.9. The van der Waals surface area contributed by atoms with Gasteiger partial charge in [0.15, 0.2) is 0 Å². The van der Waals surface area contributed by atoms with E-state index in [1.165, 1.54) is 6.07 Å². The molecular formula is C24H28FN3O6. The first kappa shape index (κ1) is 25.3. The second-order valence-corrected chi connectivity index (χ2v) is 8.61. The fraction of sp³-hybridized carbons (Fsp3) is 0.417. The molecule has 9 nitrogen and oxygen atoms in total. The molecular weight excluding hydrogens is 445 g/mol. The lowest BCUT2D eigenvalue weighted by Gasteiger charge is -2.31. The van der Waals surface area contributed by atoms with Crippen molar-refractivity contribution in [2.45, 2.75) is 44.7 Å². The molecule has 0 saturated carbocycles. The summed E-state index contributed by atoms with van der Waals surface area (Å²) in [6.07, 6.45) is -0.795. The highest BCUT2D eigenvalue weighted by atomic mass is 19.1. The molecule has 0 radical (unpaired) electrons. The van der Waals surface area contributed by atoms with Gasteiger partial charge < -0.3 is 15.2 Å². The minimum Gasteiger partial charge on any atom is -0.480 e. The number of aliphatic carboxylic acids is 1. The molecule has 3 N–H and O–H groups in total. The second-order valence-electron chi connectivity index (χ2n) is 8.61. The van der Waals surface area contributed by atoms with Crippen LogP contribution in [0, 0.1) is 27.8 Å². The van der Waals surface area contributed by atoms with E-state index in [1.54, 1.807) is 48.5 Å². The van der Waals surface area contributed by atoms with E-state index in [0.717, 1.165) is 0 Å². The van der Waals surface area contributed by atoms with Crippen LogP contribution < -0.4 is 10.6 Å². The number of rotatable bonds is 10. The van der Waals surface area contributed by atoms with Gasteiger partial charge in [0, 0.05) is 10.5 Å². The maximum Gasteiger partial charge on any atom is 0.322 e. The molecule has 2 aromatic carbocycles. The lowest BCUT2D eigenvalue weighted by atomic mass is 9.82. The SMILES string of the molecule is CC(C)[C@H](OCc1ccccc1F)[C@H]1[C@H]([N+](=O)[O-])[C@H](c2ccccc2)N[C@@H]1C(=O)NCC(=O)O. The lowest BCUT2D eigenvalue weighted by Crippen LogP contribution is -2.51. The number of nitro groups is 1. The van der Waals surface area contributed by atoms with Gasteiger partial charge in [-0.3, -0.25) is 25.0 Å². The molecule has 0 aliphatic carbocycles. The van der Waals surface area contributed by atoms with Crippen molar-refractivity contribution in [1.82, 2.24) is 10.6 Å². The number of halogens is 1. The Hall–Kier alpha value is -3.37. The van der Waals surface area contributed by atoms with Crippen molar-refractivity contribution in [2.24, 2.45) is 11.8 Å². The Morgan fingerprint density at radius 1 is 1.18 bits per heavy atom.